The van der Waals surface area contributed by atoms with Gasteiger partial charge >= 0.3 is 6.03 Å². The van der Waals surface area contributed by atoms with Crippen LogP contribution in [0.4, 0.5) is 4.79 Å². The Kier molecular flexibility index (Phi) is 5.23. The number of nitrogens with one attached hydrogen (secondary N) is 2. The van der Waals surface area contributed by atoms with Gasteiger partial charge in [-0.15, -0.1) is 0 Å². The summed E-state index contributed by atoms with van der Waals surface area (Å²) in [6, 6.07) is 0.210. The molecule has 6 nitrogen and oxygen atoms in total. The molecule has 0 bridgehead atoms. The molecular weight excluding hydrogens is 256 g/mol. The molecule has 3 unspecified atom stereocenters. The van der Waals surface area contributed by atoms with Crippen LogP contribution >= 0.6 is 0 Å². The number of hydrogen-bond donors (Lipinski definition) is 3. The second-order valence-corrected chi connectivity index (χ2v) is 5.90. The maximum Gasteiger partial charge on any atom is 0.317 e. The molecule has 0 spiro atoms. The van der Waals surface area contributed by atoms with Crippen molar-refractivity contribution in [1.82, 2.24) is 15.5 Å². The van der Waals surface area contributed by atoms with Crippen molar-refractivity contribution >= 4 is 11.9 Å². The van der Waals surface area contributed by atoms with Gasteiger partial charge in [0, 0.05) is 37.6 Å². The number of rotatable bonds is 3. The van der Waals surface area contributed by atoms with E-state index in [0.717, 1.165) is 32.1 Å². The first-order valence-corrected chi connectivity index (χ1v) is 7.69. The number of urea groups is 1. The van der Waals surface area contributed by atoms with Crippen molar-refractivity contribution in [2.24, 2.45) is 11.7 Å². The monoisotopic (exact) mass is 282 g/mol. The zero-order chi connectivity index (χ0) is 14.5. The first kappa shape index (κ1) is 15.1. The first-order chi connectivity index (χ1) is 9.60. The number of nitrogens with two attached hydrogens (primary N) is 1. The third-order valence-electron chi connectivity index (χ3n) is 4.24. The van der Waals surface area contributed by atoms with Gasteiger partial charge in [0.2, 0.25) is 5.91 Å². The summed E-state index contributed by atoms with van der Waals surface area (Å²) in [7, 11) is 0. The topological polar surface area (TPSA) is 87.5 Å². The third kappa shape index (κ3) is 3.85. The predicted molar refractivity (Wildman–Crippen MR) is 77.1 cm³/mol. The van der Waals surface area contributed by atoms with Gasteiger partial charge in [0.15, 0.2) is 0 Å². The maximum absolute atomic E-state index is 12.2. The smallest absolute Gasteiger partial charge is 0.317 e. The van der Waals surface area contributed by atoms with E-state index in [2.05, 4.69) is 10.6 Å². The van der Waals surface area contributed by atoms with Gasteiger partial charge in [-0.1, -0.05) is 6.42 Å². The van der Waals surface area contributed by atoms with Crippen molar-refractivity contribution in [1.29, 1.82) is 0 Å². The summed E-state index contributed by atoms with van der Waals surface area (Å²) in [6.45, 7) is 3.85. The molecule has 1 heterocycles. The SMILES string of the molecule is CCNC(=O)N1CCC(NC(=O)C2CCCC(N)C2)C1. The molecular formula is C14H26N4O2. The lowest BCUT2D eigenvalue weighted by molar-refractivity contribution is -0.126. The molecule has 0 aromatic rings. The second kappa shape index (κ2) is 6.92. The number of carbonyl (C=O) groups is 2. The summed E-state index contributed by atoms with van der Waals surface area (Å²) >= 11 is 0. The summed E-state index contributed by atoms with van der Waals surface area (Å²) in [5, 5.41) is 5.87. The molecule has 1 aliphatic heterocycles. The van der Waals surface area contributed by atoms with Crippen LogP contribution in [0.15, 0.2) is 0 Å². The summed E-state index contributed by atoms with van der Waals surface area (Å²) in [5.74, 6) is 0.167. The molecule has 3 amide bonds. The average Bonchev–Trinajstić information content (AvgIpc) is 2.87. The minimum atomic E-state index is -0.0380. The Hall–Kier alpha value is -1.30. The van der Waals surface area contributed by atoms with Gasteiger partial charge in [0.25, 0.3) is 0 Å². The van der Waals surface area contributed by atoms with Gasteiger partial charge in [0.05, 0.1) is 0 Å². The predicted octanol–water partition coefficient (Wildman–Crippen LogP) is 0.424. The van der Waals surface area contributed by atoms with E-state index in [1.165, 1.54) is 0 Å². The van der Waals surface area contributed by atoms with Crippen molar-refractivity contribution in [2.75, 3.05) is 19.6 Å². The van der Waals surface area contributed by atoms with Gasteiger partial charge in [0.1, 0.15) is 0 Å². The fourth-order valence-corrected chi connectivity index (χ4v) is 3.11. The minimum Gasteiger partial charge on any atom is -0.351 e. The Morgan fingerprint density at radius 3 is 2.80 bits per heavy atom. The van der Waals surface area contributed by atoms with Crippen LogP contribution in [0.1, 0.15) is 39.0 Å². The van der Waals surface area contributed by atoms with Crippen molar-refractivity contribution in [3.05, 3.63) is 0 Å². The van der Waals surface area contributed by atoms with Crippen LogP contribution in [-0.2, 0) is 4.79 Å². The van der Waals surface area contributed by atoms with Crippen LogP contribution in [0.5, 0.6) is 0 Å². The maximum atomic E-state index is 12.2. The van der Waals surface area contributed by atoms with Gasteiger partial charge in [-0.3, -0.25) is 4.79 Å². The van der Waals surface area contributed by atoms with Crippen LogP contribution in [-0.4, -0.2) is 48.6 Å². The largest absolute Gasteiger partial charge is 0.351 e. The highest BCUT2D eigenvalue weighted by Crippen LogP contribution is 2.23. The zero-order valence-electron chi connectivity index (χ0n) is 12.2. The molecule has 0 aromatic heterocycles. The fraction of sp³-hybridized carbons (Fsp3) is 0.857. The molecule has 2 fully saturated rings. The van der Waals surface area contributed by atoms with Crippen molar-refractivity contribution < 1.29 is 9.59 Å². The van der Waals surface area contributed by atoms with Gasteiger partial charge in [-0.2, -0.15) is 0 Å². The molecule has 0 aromatic carbocycles. The molecule has 2 rings (SSSR count). The lowest BCUT2D eigenvalue weighted by Gasteiger charge is -2.27. The van der Waals surface area contributed by atoms with E-state index in [4.69, 9.17) is 5.73 Å². The number of carbonyl (C=O) groups excluding carboxylic acids is 2. The van der Waals surface area contributed by atoms with Gasteiger partial charge in [-0.05, 0) is 32.6 Å². The van der Waals surface area contributed by atoms with E-state index < -0.39 is 0 Å². The molecule has 20 heavy (non-hydrogen) atoms. The summed E-state index contributed by atoms with van der Waals surface area (Å²) in [4.78, 5) is 25.7. The van der Waals surface area contributed by atoms with Crippen LogP contribution in [0.3, 0.4) is 0 Å². The molecule has 0 radical (unpaired) electrons. The van der Waals surface area contributed by atoms with E-state index >= 15 is 0 Å². The lowest BCUT2D eigenvalue weighted by atomic mass is 9.85. The fourth-order valence-electron chi connectivity index (χ4n) is 3.11. The molecule has 2 aliphatic rings. The highest BCUT2D eigenvalue weighted by molar-refractivity contribution is 5.79. The van der Waals surface area contributed by atoms with Gasteiger partial charge < -0.3 is 21.3 Å². The second-order valence-electron chi connectivity index (χ2n) is 5.90. The van der Waals surface area contributed by atoms with Crippen LogP contribution in [0.2, 0.25) is 0 Å². The van der Waals surface area contributed by atoms with Gasteiger partial charge in [-0.25, -0.2) is 4.79 Å². The Balaban J connectivity index is 1.77. The highest BCUT2D eigenvalue weighted by atomic mass is 16.2. The van der Waals surface area contributed by atoms with Crippen molar-refractivity contribution in [3.63, 3.8) is 0 Å². The number of likely N-dealkylation sites (tertiary alicyclic amines) is 1. The quantitative estimate of drug-likeness (QED) is 0.701. The minimum absolute atomic E-state index is 0.0380. The molecule has 1 aliphatic carbocycles. The van der Waals surface area contributed by atoms with E-state index in [1.54, 1.807) is 4.90 Å². The summed E-state index contributed by atoms with van der Waals surface area (Å²) in [5.41, 5.74) is 5.93. The third-order valence-corrected chi connectivity index (χ3v) is 4.24. The number of amides is 3. The van der Waals surface area contributed by atoms with Crippen molar-refractivity contribution in [3.8, 4) is 0 Å². The summed E-state index contributed by atoms with van der Waals surface area (Å²) in [6.07, 6.45) is 4.62. The molecule has 6 heteroatoms. The molecule has 1 saturated heterocycles. The zero-order valence-corrected chi connectivity index (χ0v) is 12.2. The van der Waals surface area contributed by atoms with E-state index in [0.29, 0.717) is 19.6 Å². The van der Waals surface area contributed by atoms with E-state index in [9.17, 15) is 9.59 Å². The Morgan fingerprint density at radius 2 is 2.10 bits per heavy atom. The van der Waals surface area contributed by atoms with Crippen molar-refractivity contribution in [2.45, 2.75) is 51.1 Å². The standard InChI is InChI=1S/C14H26N4O2/c1-2-16-14(20)18-7-6-12(9-18)17-13(19)10-4-3-5-11(15)8-10/h10-12H,2-9,15H2,1H3,(H,16,20)(H,17,19). The lowest BCUT2D eigenvalue weighted by Crippen LogP contribution is -2.45. The molecule has 4 N–H and O–H groups in total. The van der Waals surface area contributed by atoms with E-state index in [1.807, 2.05) is 6.92 Å². The Morgan fingerprint density at radius 1 is 1.30 bits per heavy atom. The Labute approximate surface area is 120 Å². The molecule has 3 atom stereocenters. The van der Waals surface area contributed by atoms with E-state index in [-0.39, 0.29) is 29.9 Å². The Bertz CT molecular complexity index is 361. The first-order valence-electron chi connectivity index (χ1n) is 7.69. The highest BCUT2D eigenvalue weighted by Gasteiger charge is 2.30. The van der Waals surface area contributed by atoms with Crippen LogP contribution in [0.25, 0.3) is 0 Å². The average molecular weight is 282 g/mol. The van der Waals surface area contributed by atoms with Crippen LogP contribution < -0.4 is 16.4 Å². The summed E-state index contributed by atoms with van der Waals surface area (Å²) < 4.78 is 0. The molecule has 114 valence electrons. The normalized spacial score (nSPS) is 30.1. The van der Waals surface area contributed by atoms with Crippen LogP contribution in [0, 0.1) is 5.92 Å². The number of nitrogens with zero attached hydrogens (tertiary/aromatic N) is 1. The number of hydrogen-bond acceptors (Lipinski definition) is 3. The molecule has 1 saturated carbocycles.